The molecule has 0 bridgehead atoms. The number of hydrogen-bond acceptors (Lipinski definition) is 3. The fraction of sp³-hybridized carbons (Fsp3) is 0.200. The van der Waals surface area contributed by atoms with E-state index in [0.717, 1.165) is 10.9 Å². The van der Waals surface area contributed by atoms with Crippen LogP contribution in [0.2, 0.25) is 5.02 Å². The Bertz CT molecular complexity index is 416. The minimum atomic E-state index is -0.0733. The first-order valence-electron chi connectivity index (χ1n) is 4.40. The van der Waals surface area contributed by atoms with E-state index in [4.69, 9.17) is 11.6 Å². The van der Waals surface area contributed by atoms with E-state index in [1.165, 1.54) is 11.8 Å². The molecule has 2 rings (SSSR count). The molecule has 0 N–H and O–H groups in total. The van der Waals surface area contributed by atoms with Crippen molar-refractivity contribution in [2.45, 2.75) is 0 Å². The SMILES string of the molecule is CN(C1=NC(=O)CS1)c1ccc(Cl)cc1. The Morgan fingerprint density at radius 3 is 2.60 bits per heavy atom. The van der Waals surface area contributed by atoms with Crippen LogP contribution in [0.15, 0.2) is 29.3 Å². The quantitative estimate of drug-likeness (QED) is 0.756. The predicted molar refractivity (Wildman–Crippen MR) is 64.8 cm³/mol. The van der Waals surface area contributed by atoms with Crippen LogP contribution in [0.25, 0.3) is 0 Å². The molecule has 0 atom stereocenters. The van der Waals surface area contributed by atoms with Crippen molar-refractivity contribution in [3.8, 4) is 0 Å². The number of rotatable bonds is 1. The van der Waals surface area contributed by atoms with Crippen LogP contribution < -0.4 is 4.90 Å². The molecule has 1 aliphatic heterocycles. The van der Waals surface area contributed by atoms with Crippen molar-refractivity contribution in [2.75, 3.05) is 17.7 Å². The molecule has 1 aliphatic rings. The molecule has 15 heavy (non-hydrogen) atoms. The molecular formula is C10H9ClN2OS. The van der Waals surface area contributed by atoms with Gasteiger partial charge in [-0.2, -0.15) is 4.99 Å². The number of amidine groups is 1. The van der Waals surface area contributed by atoms with Gasteiger partial charge in [-0.1, -0.05) is 23.4 Å². The Balaban J connectivity index is 2.21. The molecule has 0 radical (unpaired) electrons. The highest BCUT2D eigenvalue weighted by atomic mass is 35.5. The van der Waals surface area contributed by atoms with Crippen molar-refractivity contribution in [2.24, 2.45) is 4.99 Å². The van der Waals surface area contributed by atoms with Crippen LogP contribution in [0.3, 0.4) is 0 Å². The van der Waals surface area contributed by atoms with Crippen LogP contribution in [0.4, 0.5) is 5.69 Å². The lowest BCUT2D eigenvalue weighted by Gasteiger charge is -2.17. The third kappa shape index (κ3) is 2.33. The Kier molecular flexibility index (Phi) is 2.98. The van der Waals surface area contributed by atoms with E-state index in [1.54, 1.807) is 0 Å². The Hall–Kier alpha value is -1.00. The fourth-order valence-corrected chi connectivity index (χ4v) is 2.15. The van der Waals surface area contributed by atoms with Crippen molar-refractivity contribution in [3.63, 3.8) is 0 Å². The van der Waals surface area contributed by atoms with Crippen molar-refractivity contribution in [1.29, 1.82) is 0 Å². The lowest BCUT2D eigenvalue weighted by Crippen LogP contribution is -2.21. The molecule has 0 aromatic heterocycles. The molecule has 1 aromatic carbocycles. The summed E-state index contributed by atoms with van der Waals surface area (Å²) in [6.45, 7) is 0. The number of amides is 1. The van der Waals surface area contributed by atoms with Crippen LogP contribution in [-0.2, 0) is 4.79 Å². The van der Waals surface area contributed by atoms with Crippen LogP contribution in [0, 0.1) is 0 Å². The summed E-state index contributed by atoms with van der Waals surface area (Å²) < 4.78 is 0. The molecule has 0 spiro atoms. The van der Waals surface area contributed by atoms with Crippen molar-refractivity contribution < 1.29 is 4.79 Å². The average molecular weight is 241 g/mol. The zero-order valence-corrected chi connectivity index (χ0v) is 9.68. The predicted octanol–water partition coefficient (Wildman–Crippen LogP) is 2.41. The summed E-state index contributed by atoms with van der Waals surface area (Å²) in [5.74, 6) is 0.364. The highest BCUT2D eigenvalue weighted by Gasteiger charge is 2.18. The first-order chi connectivity index (χ1) is 7.16. The van der Waals surface area contributed by atoms with Crippen molar-refractivity contribution in [1.82, 2.24) is 0 Å². The number of aliphatic imine (C=N–C) groups is 1. The van der Waals surface area contributed by atoms with Gasteiger partial charge in [0.25, 0.3) is 5.91 Å². The Morgan fingerprint density at radius 2 is 2.07 bits per heavy atom. The van der Waals surface area contributed by atoms with E-state index in [0.29, 0.717) is 10.8 Å². The third-order valence-electron chi connectivity index (χ3n) is 2.05. The molecule has 3 nitrogen and oxygen atoms in total. The van der Waals surface area contributed by atoms with Gasteiger partial charge in [-0.15, -0.1) is 0 Å². The number of thioether (sulfide) groups is 1. The van der Waals surface area contributed by atoms with E-state index in [9.17, 15) is 4.79 Å². The lowest BCUT2D eigenvalue weighted by atomic mass is 10.3. The molecule has 1 aromatic rings. The Labute approximate surface area is 97.1 Å². The fourth-order valence-electron chi connectivity index (χ4n) is 1.24. The maximum atomic E-state index is 11.0. The summed E-state index contributed by atoms with van der Waals surface area (Å²) >= 11 is 7.24. The third-order valence-corrected chi connectivity index (χ3v) is 3.31. The maximum Gasteiger partial charge on any atom is 0.258 e. The smallest absolute Gasteiger partial charge is 0.258 e. The molecule has 1 amide bonds. The molecular weight excluding hydrogens is 232 g/mol. The van der Waals surface area contributed by atoms with E-state index in [-0.39, 0.29) is 5.91 Å². The summed E-state index contributed by atoms with van der Waals surface area (Å²) in [6, 6.07) is 7.42. The minimum Gasteiger partial charge on any atom is -0.324 e. The zero-order valence-electron chi connectivity index (χ0n) is 8.11. The van der Waals surface area contributed by atoms with Crippen LogP contribution >= 0.6 is 23.4 Å². The van der Waals surface area contributed by atoms with Crippen molar-refractivity contribution >= 4 is 40.1 Å². The van der Waals surface area contributed by atoms with Gasteiger partial charge >= 0.3 is 0 Å². The molecule has 5 heteroatoms. The van der Waals surface area contributed by atoms with Gasteiger partial charge in [0.2, 0.25) is 0 Å². The first-order valence-corrected chi connectivity index (χ1v) is 5.77. The van der Waals surface area contributed by atoms with Gasteiger partial charge in [0.15, 0.2) is 5.17 Å². The molecule has 0 saturated heterocycles. The van der Waals surface area contributed by atoms with Gasteiger partial charge in [0.1, 0.15) is 0 Å². The second-order valence-electron chi connectivity index (χ2n) is 3.11. The largest absolute Gasteiger partial charge is 0.324 e. The molecule has 0 saturated carbocycles. The molecule has 1 heterocycles. The number of benzene rings is 1. The molecule has 0 fully saturated rings. The molecule has 0 unspecified atom stereocenters. The average Bonchev–Trinajstić information content (AvgIpc) is 2.65. The highest BCUT2D eigenvalue weighted by molar-refractivity contribution is 8.15. The normalized spacial score (nSPS) is 15.3. The maximum absolute atomic E-state index is 11.0. The van der Waals surface area contributed by atoms with Gasteiger partial charge in [0.05, 0.1) is 5.75 Å². The van der Waals surface area contributed by atoms with Gasteiger partial charge in [-0.25, -0.2) is 0 Å². The summed E-state index contributed by atoms with van der Waals surface area (Å²) in [5, 5.41) is 1.44. The molecule has 78 valence electrons. The van der Waals surface area contributed by atoms with Gasteiger partial charge in [0, 0.05) is 17.8 Å². The van der Waals surface area contributed by atoms with E-state index >= 15 is 0 Å². The monoisotopic (exact) mass is 240 g/mol. The molecule has 0 aliphatic carbocycles. The number of hydrogen-bond donors (Lipinski definition) is 0. The van der Waals surface area contributed by atoms with E-state index in [2.05, 4.69) is 4.99 Å². The number of carbonyl (C=O) groups is 1. The standard InChI is InChI=1S/C10H9ClN2OS/c1-13(10-12-9(14)6-15-10)8-4-2-7(11)3-5-8/h2-5H,6H2,1H3. The lowest BCUT2D eigenvalue weighted by molar-refractivity contribution is -0.115. The van der Waals surface area contributed by atoms with Gasteiger partial charge in [-0.3, -0.25) is 4.79 Å². The second kappa shape index (κ2) is 4.24. The topological polar surface area (TPSA) is 32.7 Å². The minimum absolute atomic E-state index is 0.0733. The first kappa shape index (κ1) is 10.5. The number of anilines is 1. The van der Waals surface area contributed by atoms with Crippen LogP contribution in [0.5, 0.6) is 0 Å². The van der Waals surface area contributed by atoms with Crippen LogP contribution in [0.1, 0.15) is 0 Å². The highest BCUT2D eigenvalue weighted by Crippen LogP contribution is 2.23. The number of carbonyl (C=O) groups excluding carboxylic acids is 1. The summed E-state index contributed by atoms with van der Waals surface area (Å²) in [4.78, 5) is 16.8. The summed E-state index contributed by atoms with van der Waals surface area (Å²) in [7, 11) is 1.88. The van der Waals surface area contributed by atoms with Crippen LogP contribution in [-0.4, -0.2) is 23.9 Å². The van der Waals surface area contributed by atoms with E-state index in [1.807, 2.05) is 36.2 Å². The second-order valence-corrected chi connectivity index (χ2v) is 4.49. The van der Waals surface area contributed by atoms with E-state index < -0.39 is 0 Å². The van der Waals surface area contributed by atoms with Crippen molar-refractivity contribution in [3.05, 3.63) is 29.3 Å². The number of halogens is 1. The summed E-state index contributed by atoms with van der Waals surface area (Å²) in [6.07, 6.45) is 0. The zero-order chi connectivity index (χ0) is 10.8. The summed E-state index contributed by atoms with van der Waals surface area (Å²) in [5.41, 5.74) is 0.973. The number of nitrogens with zero attached hydrogens (tertiary/aromatic N) is 2. The van der Waals surface area contributed by atoms with Gasteiger partial charge in [-0.05, 0) is 24.3 Å². The Morgan fingerprint density at radius 1 is 1.40 bits per heavy atom. The van der Waals surface area contributed by atoms with Gasteiger partial charge < -0.3 is 4.90 Å².